The van der Waals surface area contributed by atoms with Gasteiger partial charge in [0.1, 0.15) is 11.4 Å². The lowest BCUT2D eigenvalue weighted by Gasteiger charge is -2.17. The number of pyridine rings is 1. The van der Waals surface area contributed by atoms with Crippen LogP contribution in [0.15, 0.2) is 36.5 Å². The van der Waals surface area contributed by atoms with Crippen molar-refractivity contribution in [2.24, 2.45) is 0 Å². The number of rotatable bonds is 3. The Bertz CT molecular complexity index is 1290. The molecule has 7 nitrogen and oxygen atoms in total. The van der Waals surface area contributed by atoms with Crippen LogP contribution in [-0.4, -0.2) is 39.4 Å². The lowest BCUT2D eigenvalue weighted by molar-refractivity contribution is -0.189. The van der Waals surface area contributed by atoms with Crippen molar-refractivity contribution in [3.8, 4) is 17.0 Å². The van der Waals surface area contributed by atoms with Gasteiger partial charge in [-0.15, -0.1) is 0 Å². The largest absolute Gasteiger partial charge is 0.491 e. The summed E-state index contributed by atoms with van der Waals surface area (Å²) in [5, 5.41) is 7.54. The van der Waals surface area contributed by atoms with Crippen LogP contribution in [0.5, 0.6) is 5.75 Å². The zero-order valence-electron chi connectivity index (χ0n) is 17.1. The standard InChI is InChI=1S/C23H17F3N4O3/c24-23(25,26)22(32)33-16-6-2-13(3-7-16)1-5-15-11-18-14(12-28-15)4-8-17-19(18)29-30-10-9-27-21(31)20(17)30/h1-3,5-7,11-12H,4,8-10H2,(H,27,31). The Morgan fingerprint density at radius 2 is 1.94 bits per heavy atom. The summed E-state index contributed by atoms with van der Waals surface area (Å²) in [6, 6.07) is 7.56. The molecule has 0 saturated carbocycles. The second-order valence-electron chi connectivity index (χ2n) is 7.71. The number of hydrogen-bond donors (Lipinski definition) is 1. The molecule has 3 aromatic rings. The van der Waals surface area contributed by atoms with Crippen LogP contribution in [-0.2, 0) is 24.2 Å². The van der Waals surface area contributed by atoms with Crippen molar-refractivity contribution >= 4 is 24.0 Å². The summed E-state index contributed by atoms with van der Waals surface area (Å²) < 4.78 is 43.0. The molecule has 3 heterocycles. The van der Waals surface area contributed by atoms with Gasteiger partial charge in [-0.05, 0) is 48.2 Å². The van der Waals surface area contributed by atoms with Gasteiger partial charge in [-0.3, -0.25) is 14.5 Å². The van der Waals surface area contributed by atoms with E-state index in [0.717, 1.165) is 35.2 Å². The fraction of sp³-hybridized carbons (Fsp3) is 0.217. The average molecular weight is 454 g/mol. The number of benzene rings is 1. The highest BCUT2D eigenvalue weighted by atomic mass is 19.4. The van der Waals surface area contributed by atoms with Gasteiger partial charge in [-0.2, -0.15) is 18.3 Å². The summed E-state index contributed by atoms with van der Waals surface area (Å²) >= 11 is 0. The van der Waals surface area contributed by atoms with E-state index in [1.54, 1.807) is 23.0 Å². The predicted molar refractivity (Wildman–Crippen MR) is 112 cm³/mol. The number of aromatic nitrogens is 3. The van der Waals surface area contributed by atoms with Crippen molar-refractivity contribution in [1.82, 2.24) is 20.1 Å². The lowest BCUT2D eigenvalue weighted by Crippen LogP contribution is -2.36. The van der Waals surface area contributed by atoms with E-state index < -0.39 is 12.1 Å². The van der Waals surface area contributed by atoms with Gasteiger partial charge in [0.25, 0.3) is 5.91 Å². The molecule has 0 saturated heterocycles. The van der Waals surface area contributed by atoms with Gasteiger partial charge in [-0.1, -0.05) is 18.2 Å². The maximum absolute atomic E-state index is 12.3. The van der Waals surface area contributed by atoms with Crippen LogP contribution in [0.2, 0.25) is 0 Å². The van der Waals surface area contributed by atoms with Crippen molar-refractivity contribution in [1.29, 1.82) is 0 Å². The Morgan fingerprint density at radius 3 is 2.70 bits per heavy atom. The maximum atomic E-state index is 12.3. The topological polar surface area (TPSA) is 86.1 Å². The smallest absolute Gasteiger partial charge is 0.420 e. The highest BCUT2D eigenvalue weighted by Gasteiger charge is 2.41. The Morgan fingerprint density at radius 1 is 1.15 bits per heavy atom. The van der Waals surface area contributed by atoms with Crippen molar-refractivity contribution < 1.29 is 27.5 Å². The van der Waals surface area contributed by atoms with Crippen LogP contribution in [0.1, 0.15) is 32.9 Å². The molecule has 0 atom stereocenters. The second-order valence-corrected chi connectivity index (χ2v) is 7.71. The van der Waals surface area contributed by atoms with Crippen molar-refractivity contribution in [3.63, 3.8) is 0 Å². The van der Waals surface area contributed by atoms with Gasteiger partial charge in [0.05, 0.1) is 17.9 Å². The van der Waals surface area contributed by atoms with E-state index in [0.29, 0.717) is 30.0 Å². The molecule has 0 spiro atoms. The van der Waals surface area contributed by atoms with Crippen LogP contribution in [0, 0.1) is 0 Å². The van der Waals surface area contributed by atoms with Crippen molar-refractivity contribution in [3.05, 3.63) is 64.6 Å². The molecule has 2 aliphatic rings. The highest BCUT2D eigenvalue weighted by Crippen LogP contribution is 2.35. The third kappa shape index (κ3) is 3.99. The van der Waals surface area contributed by atoms with Gasteiger partial charge in [0.2, 0.25) is 0 Å². The first-order valence-corrected chi connectivity index (χ1v) is 10.2. The molecule has 1 aromatic carbocycles. The van der Waals surface area contributed by atoms with Crippen LogP contribution >= 0.6 is 0 Å². The summed E-state index contributed by atoms with van der Waals surface area (Å²) in [6.45, 7) is 1.19. The number of carbonyl (C=O) groups excluding carboxylic acids is 2. The van der Waals surface area contributed by atoms with E-state index in [4.69, 9.17) is 0 Å². The number of nitrogens with zero attached hydrogens (tertiary/aromatic N) is 3. The fourth-order valence-electron chi connectivity index (χ4n) is 3.99. The number of ether oxygens (including phenoxy) is 1. The number of halogens is 3. The Hall–Kier alpha value is -3.95. The van der Waals surface area contributed by atoms with Gasteiger partial charge >= 0.3 is 12.1 Å². The van der Waals surface area contributed by atoms with Gasteiger partial charge < -0.3 is 10.1 Å². The SMILES string of the molecule is O=C1NCCn2nc3c(c21)CCc1cnc(C=Cc2ccc(OC(=O)C(F)(F)F)cc2)cc1-3. The molecule has 1 aliphatic heterocycles. The molecule has 0 unspecified atom stereocenters. The Balaban J connectivity index is 1.37. The molecular weight excluding hydrogens is 437 g/mol. The van der Waals surface area contributed by atoms with Gasteiger partial charge in [0, 0.05) is 23.9 Å². The van der Waals surface area contributed by atoms with E-state index in [1.807, 2.05) is 6.07 Å². The van der Waals surface area contributed by atoms with E-state index in [2.05, 4.69) is 20.1 Å². The van der Waals surface area contributed by atoms with Gasteiger partial charge in [-0.25, -0.2) is 4.79 Å². The third-order valence-corrected chi connectivity index (χ3v) is 5.55. The fourth-order valence-corrected chi connectivity index (χ4v) is 3.99. The second kappa shape index (κ2) is 7.88. The number of aryl methyl sites for hydroxylation is 1. The van der Waals surface area contributed by atoms with Crippen LogP contribution in [0.3, 0.4) is 0 Å². The van der Waals surface area contributed by atoms with E-state index in [-0.39, 0.29) is 11.7 Å². The lowest BCUT2D eigenvalue weighted by atomic mass is 9.89. The molecule has 1 amide bonds. The summed E-state index contributed by atoms with van der Waals surface area (Å²) in [6.07, 6.45) is 1.77. The zero-order valence-corrected chi connectivity index (χ0v) is 17.1. The Kier molecular flexibility index (Phi) is 4.99. The normalized spacial score (nSPS) is 14.9. The minimum atomic E-state index is -5.05. The third-order valence-electron chi connectivity index (χ3n) is 5.55. The molecule has 0 fully saturated rings. The summed E-state index contributed by atoms with van der Waals surface area (Å²) in [4.78, 5) is 27.7. The maximum Gasteiger partial charge on any atom is 0.491 e. The molecule has 1 N–H and O–H groups in total. The van der Waals surface area contributed by atoms with Gasteiger partial charge in [0.15, 0.2) is 0 Å². The number of fused-ring (bicyclic) bond motifs is 5. The molecule has 1 aliphatic carbocycles. The first kappa shape index (κ1) is 20.9. The molecule has 0 bridgehead atoms. The van der Waals surface area contributed by atoms with Crippen molar-refractivity contribution in [2.45, 2.75) is 25.6 Å². The van der Waals surface area contributed by atoms with Crippen molar-refractivity contribution in [2.75, 3.05) is 6.54 Å². The molecule has 33 heavy (non-hydrogen) atoms. The van der Waals surface area contributed by atoms with Crippen LogP contribution in [0.25, 0.3) is 23.4 Å². The molecule has 0 radical (unpaired) electrons. The molecule has 2 aromatic heterocycles. The predicted octanol–water partition coefficient (Wildman–Crippen LogP) is 3.43. The first-order valence-electron chi connectivity index (χ1n) is 10.2. The summed E-state index contributed by atoms with van der Waals surface area (Å²) in [5.41, 5.74) is 5.74. The molecule has 168 valence electrons. The first-order chi connectivity index (χ1) is 15.8. The zero-order chi connectivity index (χ0) is 23.2. The monoisotopic (exact) mass is 454 g/mol. The quantitative estimate of drug-likeness (QED) is 0.484. The minimum Gasteiger partial charge on any atom is -0.420 e. The number of nitrogens with one attached hydrogen (secondary N) is 1. The Labute approximate surface area is 185 Å². The van der Waals surface area contributed by atoms with E-state index in [1.165, 1.54) is 24.3 Å². The number of hydrogen-bond acceptors (Lipinski definition) is 5. The molecule has 5 rings (SSSR count). The summed E-state index contributed by atoms with van der Waals surface area (Å²) in [7, 11) is 0. The average Bonchev–Trinajstić information content (AvgIpc) is 3.18. The molecular formula is C23H17F3N4O3. The minimum absolute atomic E-state index is 0.100. The van der Waals surface area contributed by atoms with E-state index in [9.17, 15) is 22.8 Å². The van der Waals surface area contributed by atoms with Crippen LogP contribution < -0.4 is 10.1 Å². The van der Waals surface area contributed by atoms with Crippen LogP contribution in [0.4, 0.5) is 13.2 Å². The number of amides is 1. The molecule has 10 heteroatoms. The summed E-state index contributed by atoms with van der Waals surface area (Å²) in [5.74, 6) is -2.56. The number of esters is 1. The van der Waals surface area contributed by atoms with E-state index >= 15 is 0 Å². The number of carbonyl (C=O) groups is 2. The number of alkyl halides is 3. The highest BCUT2D eigenvalue weighted by molar-refractivity contribution is 5.97.